The number of hydrogen-bond donors (Lipinski definition) is 2. The fourth-order valence-electron chi connectivity index (χ4n) is 1.39. The number of methoxy groups -OCH3 is 1. The average molecular weight is 178 g/mol. The second-order valence-corrected chi connectivity index (χ2v) is 2.92. The molecule has 4 nitrogen and oxygen atoms in total. The number of nitrogens with one attached hydrogen (secondary N) is 1. The first-order valence-electron chi connectivity index (χ1n) is 3.97. The van der Waals surface area contributed by atoms with Gasteiger partial charge in [0.2, 0.25) is 5.91 Å². The van der Waals surface area contributed by atoms with Gasteiger partial charge in [-0.2, -0.15) is 0 Å². The van der Waals surface area contributed by atoms with Crippen molar-refractivity contribution in [1.29, 1.82) is 0 Å². The molecule has 13 heavy (non-hydrogen) atoms. The van der Waals surface area contributed by atoms with Crippen LogP contribution in [-0.4, -0.2) is 13.0 Å². The quantitative estimate of drug-likeness (QED) is 0.663. The summed E-state index contributed by atoms with van der Waals surface area (Å²) in [6.45, 7) is 0. The molecular weight excluding hydrogens is 168 g/mol. The van der Waals surface area contributed by atoms with Gasteiger partial charge in [0.25, 0.3) is 0 Å². The molecule has 0 unspecified atom stereocenters. The van der Waals surface area contributed by atoms with E-state index in [1.807, 2.05) is 0 Å². The molecular formula is C9H10N2O2. The van der Waals surface area contributed by atoms with Gasteiger partial charge in [0.1, 0.15) is 11.8 Å². The fourth-order valence-corrected chi connectivity index (χ4v) is 1.39. The van der Waals surface area contributed by atoms with Gasteiger partial charge in [-0.25, -0.2) is 0 Å². The number of rotatable bonds is 1. The SMILES string of the molecule is COc1ccc2c(c1)NC(=O)[C@@H]2N. The predicted octanol–water partition coefficient (Wildman–Crippen LogP) is 0.647. The third kappa shape index (κ3) is 1.15. The van der Waals surface area contributed by atoms with E-state index in [0.717, 1.165) is 11.3 Å². The third-order valence-electron chi connectivity index (χ3n) is 2.14. The molecule has 4 heteroatoms. The van der Waals surface area contributed by atoms with E-state index >= 15 is 0 Å². The molecule has 3 N–H and O–H groups in total. The Labute approximate surface area is 75.7 Å². The Morgan fingerprint density at radius 3 is 3.00 bits per heavy atom. The van der Waals surface area contributed by atoms with Crippen molar-refractivity contribution in [3.63, 3.8) is 0 Å². The number of fused-ring (bicyclic) bond motifs is 1. The lowest BCUT2D eigenvalue weighted by molar-refractivity contribution is -0.116. The number of ether oxygens (including phenoxy) is 1. The topological polar surface area (TPSA) is 64.3 Å². The Morgan fingerprint density at radius 1 is 1.54 bits per heavy atom. The molecule has 1 aliphatic rings. The summed E-state index contributed by atoms with van der Waals surface area (Å²) in [4.78, 5) is 11.2. The van der Waals surface area contributed by atoms with Gasteiger partial charge in [-0.15, -0.1) is 0 Å². The molecule has 1 aliphatic heterocycles. The Morgan fingerprint density at radius 2 is 2.31 bits per heavy atom. The number of carbonyl (C=O) groups is 1. The minimum Gasteiger partial charge on any atom is -0.497 e. The van der Waals surface area contributed by atoms with E-state index < -0.39 is 6.04 Å². The van der Waals surface area contributed by atoms with Crippen LogP contribution in [0.3, 0.4) is 0 Å². The van der Waals surface area contributed by atoms with E-state index in [2.05, 4.69) is 5.32 Å². The van der Waals surface area contributed by atoms with Crippen LogP contribution in [0.5, 0.6) is 5.75 Å². The Balaban J connectivity index is 2.46. The summed E-state index contributed by atoms with van der Waals surface area (Å²) in [5.74, 6) is 0.552. The minimum atomic E-state index is -0.541. The van der Waals surface area contributed by atoms with Crippen molar-refractivity contribution in [3.05, 3.63) is 23.8 Å². The van der Waals surface area contributed by atoms with Crippen LogP contribution in [0.2, 0.25) is 0 Å². The van der Waals surface area contributed by atoms with Crippen LogP contribution >= 0.6 is 0 Å². The highest BCUT2D eigenvalue weighted by Crippen LogP contribution is 2.31. The lowest BCUT2D eigenvalue weighted by Gasteiger charge is -2.03. The molecule has 1 heterocycles. The Hall–Kier alpha value is -1.55. The monoisotopic (exact) mass is 178 g/mol. The third-order valence-corrected chi connectivity index (χ3v) is 2.14. The number of amides is 1. The highest BCUT2D eigenvalue weighted by molar-refractivity contribution is 6.02. The van der Waals surface area contributed by atoms with Gasteiger partial charge in [-0.3, -0.25) is 4.79 Å². The first-order chi connectivity index (χ1) is 6.22. The summed E-state index contributed by atoms with van der Waals surface area (Å²) in [7, 11) is 1.58. The summed E-state index contributed by atoms with van der Waals surface area (Å²) in [5, 5.41) is 2.68. The zero-order chi connectivity index (χ0) is 9.42. The number of hydrogen-bond acceptors (Lipinski definition) is 3. The van der Waals surface area contributed by atoms with Crippen molar-refractivity contribution in [2.24, 2.45) is 5.73 Å². The van der Waals surface area contributed by atoms with Crippen molar-refractivity contribution in [3.8, 4) is 5.75 Å². The Bertz CT molecular complexity index is 363. The summed E-state index contributed by atoms with van der Waals surface area (Å²) in [5.41, 5.74) is 7.20. The first-order valence-corrected chi connectivity index (χ1v) is 3.97. The molecule has 68 valence electrons. The molecule has 1 amide bonds. The zero-order valence-electron chi connectivity index (χ0n) is 7.20. The van der Waals surface area contributed by atoms with Gasteiger partial charge in [0.05, 0.1) is 7.11 Å². The molecule has 0 bridgehead atoms. The van der Waals surface area contributed by atoms with E-state index in [-0.39, 0.29) is 5.91 Å². The molecule has 2 rings (SSSR count). The lowest BCUT2D eigenvalue weighted by Crippen LogP contribution is -2.19. The zero-order valence-corrected chi connectivity index (χ0v) is 7.20. The molecule has 0 aliphatic carbocycles. The highest BCUT2D eigenvalue weighted by atomic mass is 16.5. The van der Waals surface area contributed by atoms with Crippen LogP contribution in [-0.2, 0) is 4.79 Å². The van der Waals surface area contributed by atoms with Gasteiger partial charge < -0.3 is 15.8 Å². The molecule has 0 saturated heterocycles. The molecule has 0 aromatic heterocycles. The molecule has 1 aromatic carbocycles. The van der Waals surface area contributed by atoms with E-state index in [4.69, 9.17) is 10.5 Å². The maximum absolute atomic E-state index is 11.2. The maximum Gasteiger partial charge on any atom is 0.245 e. The van der Waals surface area contributed by atoms with Crippen LogP contribution in [0.25, 0.3) is 0 Å². The van der Waals surface area contributed by atoms with Crippen molar-refractivity contribution < 1.29 is 9.53 Å². The highest BCUT2D eigenvalue weighted by Gasteiger charge is 2.26. The molecule has 0 saturated carbocycles. The van der Waals surface area contributed by atoms with E-state index in [1.165, 1.54) is 0 Å². The molecule has 1 atom stereocenters. The number of carbonyl (C=O) groups excluding carboxylic acids is 1. The molecule has 0 spiro atoms. The Kier molecular flexibility index (Phi) is 1.70. The molecule has 1 aromatic rings. The van der Waals surface area contributed by atoms with Crippen LogP contribution < -0.4 is 15.8 Å². The fraction of sp³-hybridized carbons (Fsp3) is 0.222. The van der Waals surface area contributed by atoms with Gasteiger partial charge in [-0.1, -0.05) is 6.07 Å². The molecule has 0 fully saturated rings. The van der Waals surface area contributed by atoms with Crippen LogP contribution in [0.4, 0.5) is 5.69 Å². The van der Waals surface area contributed by atoms with Crippen LogP contribution in [0, 0.1) is 0 Å². The predicted molar refractivity (Wildman–Crippen MR) is 48.6 cm³/mol. The minimum absolute atomic E-state index is 0.164. The summed E-state index contributed by atoms with van der Waals surface area (Å²) in [6, 6.07) is 4.82. The van der Waals surface area contributed by atoms with Crippen molar-refractivity contribution >= 4 is 11.6 Å². The number of benzene rings is 1. The van der Waals surface area contributed by atoms with Crippen molar-refractivity contribution in [2.45, 2.75) is 6.04 Å². The summed E-state index contributed by atoms with van der Waals surface area (Å²) < 4.78 is 5.02. The maximum atomic E-state index is 11.2. The summed E-state index contributed by atoms with van der Waals surface area (Å²) >= 11 is 0. The van der Waals surface area contributed by atoms with Gasteiger partial charge in [0.15, 0.2) is 0 Å². The van der Waals surface area contributed by atoms with Crippen molar-refractivity contribution in [1.82, 2.24) is 0 Å². The van der Waals surface area contributed by atoms with Gasteiger partial charge in [0, 0.05) is 17.3 Å². The smallest absolute Gasteiger partial charge is 0.245 e. The largest absolute Gasteiger partial charge is 0.497 e. The lowest BCUT2D eigenvalue weighted by atomic mass is 10.1. The summed E-state index contributed by atoms with van der Waals surface area (Å²) in [6.07, 6.45) is 0. The standard InChI is InChI=1S/C9H10N2O2/c1-13-5-2-3-6-7(4-5)11-9(12)8(6)10/h2-4,8H,10H2,1H3,(H,11,12)/t8-/m1/s1. The number of anilines is 1. The van der Waals surface area contributed by atoms with E-state index in [1.54, 1.807) is 25.3 Å². The average Bonchev–Trinajstić information content (AvgIpc) is 2.42. The first kappa shape index (κ1) is 8.07. The van der Waals surface area contributed by atoms with Crippen LogP contribution in [0.15, 0.2) is 18.2 Å². The van der Waals surface area contributed by atoms with Crippen molar-refractivity contribution in [2.75, 3.05) is 12.4 Å². The normalized spacial score (nSPS) is 19.5. The van der Waals surface area contributed by atoms with Gasteiger partial charge >= 0.3 is 0 Å². The van der Waals surface area contributed by atoms with E-state index in [0.29, 0.717) is 5.75 Å². The van der Waals surface area contributed by atoms with E-state index in [9.17, 15) is 4.79 Å². The number of nitrogens with two attached hydrogens (primary N) is 1. The van der Waals surface area contributed by atoms with Crippen LogP contribution in [0.1, 0.15) is 11.6 Å². The van der Waals surface area contributed by atoms with Gasteiger partial charge in [-0.05, 0) is 6.07 Å². The molecule has 0 radical (unpaired) electrons. The second-order valence-electron chi connectivity index (χ2n) is 2.92. The second kappa shape index (κ2) is 2.74.